The van der Waals surface area contributed by atoms with Gasteiger partial charge in [0.2, 0.25) is 23.6 Å². The Balaban J connectivity index is 2.76. The summed E-state index contributed by atoms with van der Waals surface area (Å²) < 4.78 is 0. The molecule has 0 saturated heterocycles. The predicted octanol–water partition coefficient (Wildman–Crippen LogP) is -2.14. The van der Waals surface area contributed by atoms with Crippen LogP contribution in [0.25, 0.3) is 0 Å². The van der Waals surface area contributed by atoms with E-state index in [-0.39, 0.29) is 19.3 Å². The molecule has 186 valence electrons. The standard InChI is InChI=1S/C21H29N5O8/c1-11(18(30)25-14(21(33)34)7-8-16(23)27)24-20(32)15(10-17(28)29)26-19(31)13(22)9-12-5-3-2-4-6-12/h2-6,11,13-15H,7-10,22H2,1H3,(H2,23,27)(H,24,32)(H,25,30)(H,26,31)(H,28,29)(H,33,34). The van der Waals surface area contributed by atoms with Gasteiger partial charge in [0.15, 0.2) is 0 Å². The summed E-state index contributed by atoms with van der Waals surface area (Å²) in [7, 11) is 0. The van der Waals surface area contributed by atoms with Crippen molar-refractivity contribution in [1.82, 2.24) is 16.0 Å². The molecule has 0 aliphatic carbocycles. The van der Waals surface area contributed by atoms with Crippen LogP contribution in [0.4, 0.5) is 0 Å². The summed E-state index contributed by atoms with van der Waals surface area (Å²) in [4.78, 5) is 70.6. The summed E-state index contributed by atoms with van der Waals surface area (Å²) in [6, 6.07) is 3.51. The molecule has 1 aromatic carbocycles. The Kier molecular flexibility index (Phi) is 11.2. The van der Waals surface area contributed by atoms with Crippen molar-refractivity contribution in [2.45, 2.75) is 56.8 Å². The zero-order chi connectivity index (χ0) is 25.8. The van der Waals surface area contributed by atoms with E-state index in [9.17, 15) is 28.8 Å². The minimum atomic E-state index is -1.53. The highest BCUT2D eigenvalue weighted by Gasteiger charge is 2.29. The fourth-order valence-corrected chi connectivity index (χ4v) is 2.84. The maximum absolute atomic E-state index is 12.6. The van der Waals surface area contributed by atoms with Crippen LogP contribution in [0, 0.1) is 0 Å². The van der Waals surface area contributed by atoms with Crippen LogP contribution in [0.1, 0.15) is 31.7 Å². The number of nitrogens with one attached hydrogen (secondary N) is 3. The minimum absolute atomic E-state index is 0.148. The molecule has 4 atom stereocenters. The van der Waals surface area contributed by atoms with Gasteiger partial charge in [-0.05, 0) is 25.3 Å². The molecule has 13 heteroatoms. The number of hydrogen-bond acceptors (Lipinski definition) is 7. The molecular weight excluding hydrogens is 450 g/mol. The number of hydrogen-bond donors (Lipinski definition) is 7. The molecule has 0 spiro atoms. The number of carbonyl (C=O) groups is 6. The third-order valence-corrected chi connectivity index (χ3v) is 4.69. The number of aliphatic carboxylic acids is 2. The van der Waals surface area contributed by atoms with Crippen molar-refractivity contribution in [1.29, 1.82) is 0 Å². The first-order chi connectivity index (χ1) is 15.9. The number of nitrogens with two attached hydrogens (primary N) is 2. The van der Waals surface area contributed by atoms with Crippen LogP contribution in [0.3, 0.4) is 0 Å². The molecule has 1 rings (SSSR count). The molecule has 34 heavy (non-hydrogen) atoms. The van der Waals surface area contributed by atoms with Crippen molar-refractivity contribution in [3.8, 4) is 0 Å². The summed E-state index contributed by atoms with van der Waals surface area (Å²) >= 11 is 0. The smallest absolute Gasteiger partial charge is 0.326 e. The summed E-state index contributed by atoms with van der Waals surface area (Å²) in [5.74, 6) is -6.18. The van der Waals surface area contributed by atoms with E-state index in [4.69, 9.17) is 21.7 Å². The average Bonchev–Trinajstić information content (AvgIpc) is 2.75. The normalized spacial score (nSPS) is 14.1. The van der Waals surface area contributed by atoms with Crippen LogP contribution in [-0.2, 0) is 35.2 Å². The van der Waals surface area contributed by atoms with Gasteiger partial charge in [-0.15, -0.1) is 0 Å². The molecule has 4 unspecified atom stereocenters. The third-order valence-electron chi connectivity index (χ3n) is 4.69. The molecule has 1 aromatic rings. The van der Waals surface area contributed by atoms with Gasteiger partial charge in [-0.25, -0.2) is 4.79 Å². The second kappa shape index (κ2) is 13.5. The number of rotatable bonds is 14. The van der Waals surface area contributed by atoms with Crippen LogP contribution >= 0.6 is 0 Å². The van der Waals surface area contributed by atoms with E-state index in [1.807, 2.05) is 0 Å². The van der Waals surface area contributed by atoms with Gasteiger partial charge in [0.05, 0.1) is 12.5 Å². The topological polar surface area (TPSA) is 231 Å². The number of benzene rings is 1. The van der Waals surface area contributed by atoms with E-state index >= 15 is 0 Å². The van der Waals surface area contributed by atoms with Crippen molar-refractivity contribution < 1.29 is 39.0 Å². The lowest BCUT2D eigenvalue weighted by molar-refractivity contribution is -0.143. The first-order valence-corrected chi connectivity index (χ1v) is 10.3. The number of carboxylic acids is 2. The molecular formula is C21H29N5O8. The Morgan fingerprint density at radius 3 is 2.00 bits per heavy atom. The lowest BCUT2D eigenvalue weighted by Gasteiger charge is -2.22. The largest absolute Gasteiger partial charge is 0.481 e. The van der Waals surface area contributed by atoms with Gasteiger partial charge in [0.25, 0.3) is 0 Å². The van der Waals surface area contributed by atoms with Crippen LogP contribution in [0.2, 0.25) is 0 Å². The zero-order valence-corrected chi connectivity index (χ0v) is 18.5. The van der Waals surface area contributed by atoms with Crippen molar-refractivity contribution in [3.63, 3.8) is 0 Å². The van der Waals surface area contributed by atoms with Crippen LogP contribution in [-0.4, -0.2) is 69.9 Å². The quantitative estimate of drug-likeness (QED) is 0.154. The third kappa shape index (κ3) is 10.1. The van der Waals surface area contributed by atoms with Crippen molar-refractivity contribution in [3.05, 3.63) is 35.9 Å². The molecule has 13 nitrogen and oxygen atoms in total. The fraction of sp³-hybridized carbons (Fsp3) is 0.429. The molecule has 0 fully saturated rings. The summed E-state index contributed by atoms with van der Waals surface area (Å²) in [5.41, 5.74) is 11.6. The highest BCUT2D eigenvalue weighted by molar-refractivity contribution is 5.95. The highest BCUT2D eigenvalue weighted by Crippen LogP contribution is 2.04. The van der Waals surface area contributed by atoms with Crippen LogP contribution < -0.4 is 27.4 Å². The Morgan fingerprint density at radius 1 is 0.882 bits per heavy atom. The molecule has 0 heterocycles. The van der Waals surface area contributed by atoms with Crippen LogP contribution in [0.15, 0.2) is 30.3 Å². The van der Waals surface area contributed by atoms with Crippen molar-refractivity contribution in [2.75, 3.05) is 0 Å². The Morgan fingerprint density at radius 2 is 1.47 bits per heavy atom. The van der Waals surface area contributed by atoms with E-state index in [0.29, 0.717) is 0 Å². The highest BCUT2D eigenvalue weighted by atomic mass is 16.4. The Bertz CT molecular complexity index is 908. The van der Waals surface area contributed by atoms with E-state index in [0.717, 1.165) is 5.56 Å². The summed E-state index contributed by atoms with van der Waals surface area (Å²) in [6.45, 7) is 1.24. The van der Waals surface area contributed by atoms with Crippen molar-refractivity contribution >= 4 is 35.6 Å². The van der Waals surface area contributed by atoms with Crippen LogP contribution in [0.5, 0.6) is 0 Å². The number of amides is 4. The SMILES string of the molecule is CC(NC(=O)C(CC(=O)O)NC(=O)C(N)Cc1ccccc1)C(=O)NC(CCC(N)=O)C(=O)O. The predicted molar refractivity (Wildman–Crippen MR) is 118 cm³/mol. The van der Waals surface area contributed by atoms with Gasteiger partial charge in [-0.1, -0.05) is 30.3 Å². The maximum atomic E-state index is 12.6. The van der Waals surface area contributed by atoms with E-state index in [1.165, 1.54) is 6.92 Å². The van der Waals surface area contributed by atoms with Gasteiger partial charge in [0, 0.05) is 6.42 Å². The maximum Gasteiger partial charge on any atom is 0.326 e. The Labute approximate surface area is 195 Å². The van der Waals surface area contributed by atoms with Gasteiger partial charge in [-0.2, -0.15) is 0 Å². The van der Waals surface area contributed by atoms with Crippen molar-refractivity contribution in [2.24, 2.45) is 11.5 Å². The Hall–Kier alpha value is -4.00. The van der Waals surface area contributed by atoms with Gasteiger partial charge < -0.3 is 37.6 Å². The van der Waals surface area contributed by atoms with Gasteiger partial charge in [0.1, 0.15) is 18.1 Å². The lowest BCUT2D eigenvalue weighted by atomic mass is 10.1. The molecule has 0 aliphatic rings. The van der Waals surface area contributed by atoms with Gasteiger partial charge in [-0.3, -0.25) is 24.0 Å². The fourth-order valence-electron chi connectivity index (χ4n) is 2.84. The first kappa shape index (κ1) is 28.0. The number of primary amides is 1. The summed E-state index contributed by atoms with van der Waals surface area (Å²) in [5, 5.41) is 24.9. The molecule has 4 amide bonds. The van der Waals surface area contributed by atoms with Gasteiger partial charge >= 0.3 is 11.9 Å². The van der Waals surface area contributed by atoms with E-state index in [1.54, 1.807) is 30.3 Å². The second-order valence-electron chi connectivity index (χ2n) is 7.59. The molecule has 0 saturated carbocycles. The molecule has 0 radical (unpaired) electrons. The monoisotopic (exact) mass is 479 g/mol. The molecule has 0 aromatic heterocycles. The average molecular weight is 479 g/mol. The molecule has 0 aliphatic heterocycles. The number of carbonyl (C=O) groups excluding carboxylic acids is 4. The second-order valence-corrected chi connectivity index (χ2v) is 7.59. The molecule has 0 bridgehead atoms. The lowest BCUT2D eigenvalue weighted by Crippen LogP contribution is -2.57. The zero-order valence-electron chi connectivity index (χ0n) is 18.5. The summed E-state index contributed by atoms with van der Waals surface area (Å²) in [6.07, 6.45) is -1.17. The molecule has 9 N–H and O–H groups in total. The minimum Gasteiger partial charge on any atom is -0.481 e. The number of carboxylic acid groups (broad SMARTS) is 2. The van der Waals surface area contributed by atoms with E-state index < -0.39 is 66.2 Å². The first-order valence-electron chi connectivity index (χ1n) is 10.3. The van der Waals surface area contributed by atoms with E-state index in [2.05, 4.69) is 16.0 Å².